The molecule has 1 fully saturated rings. The molecule has 1 aliphatic heterocycles. The molecule has 2 aromatic rings. The molecule has 2 aliphatic rings. The van der Waals surface area contributed by atoms with Crippen molar-refractivity contribution in [2.24, 2.45) is 5.92 Å². The lowest BCUT2D eigenvalue weighted by atomic mass is 10.1. The van der Waals surface area contributed by atoms with Crippen molar-refractivity contribution in [1.82, 2.24) is 9.78 Å². The molecule has 1 aromatic heterocycles. The third kappa shape index (κ3) is 2.41. The molecule has 0 radical (unpaired) electrons. The third-order valence-corrected chi connectivity index (χ3v) is 4.33. The van der Waals surface area contributed by atoms with Gasteiger partial charge in [0.2, 0.25) is 0 Å². The van der Waals surface area contributed by atoms with Crippen LogP contribution >= 0.6 is 0 Å². The molecule has 0 bridgehead atoms. The van der Waals surface area contributed by atoms with Gasteiger partial charge in [0.05, 0.1) is 18.9 Å². The second-order valence-electron chi connectivity index (χ2n) is 6.06. The number of aliphatic hydroxyl groups is 1. The van der Waals surface area contributed by atoms with Gasteiger partial charge in [0.15, 0.2) is 0 Å². The molecule has 1 aliphatic carbocycles. The molecule has 0 atom stereocenters. The van der Waals surface area contributed by atoms with E-state index in [0.29, 0.717) is 18.0 Å². The van der Waals surface area contributed by atoms with E-state index in [1.807, 2.05) is 12.1 Å². The Bertz CT molecular complexity index is 778. The molecule has 2 heterocycles. The first kappa shape index (κ1) is 13.5. The van der Waals surface area contributed by atoms with E-state index in [2.05, 4.69) is 11.2 Å². The minimum Gasteiger partial charge on any atom is -0.493 e. The van der Waals surface area contributed by atoms with E-state index in [9.17, 15) is 9.90 Å². The van der Waals surface area contributed by atoms with Crippen LogP contribution in [0.4, 0.5) is 0 Å². The average molecular weight is 298 g/mol. The second-order valence-corrected chi connectivity index (χ2v) is 6.06. The van der Waals surface area contributed by atoms with Crippen molar-refractivity contribution in [3.63, 3.8) is 0 Å². The molecule has 1 aromatic carbocycles. The van der Waals surface area contributed by atoms with Crippen LogP contribution in [0.3, 0.4) is 0 Å². The number of ether oxygens (including phenoxy) is 1. The quantitative estimate of drug-likeness (QED) is 0.934. The van der Waals surface area contributed by atoms with E-state index in [4.69, 9.17) is 4.74 Å². The van der Waals surface area contributed by atoms with E-state index >= 15 is 0 Å². The summed E-state index contributed by atoms with van der Waals surface area (Å²) in [6, 6.07) is 7.68. The Morgan fingerprint density at radius 1 is 1.32 bits per heavy atom. The summed E-state index contributed by atoms with van der Waals surface area (Å²) in [5.41, 5.74) is 3.09. The Morgan fingerprint density at radius 2 is 2.18 bits per heavy atom. The van der Waals surface area contributed by atoms with E-state index in [-0.39, 0.29) is 12.2 Å². The number of hydrogen-bond acceptors (Lipinski definition) is 4. The number of aromatic nitrogens is 2. The first-order chi connectivity index (χ1) is 10.7. The lowest BCUT2D eigenvalue weighted by molar-refractivity contribution is 0.278. The maximum atomic E-state index is 12.3. The molecule has 4 rings (SSSR count). The molecular formula is C17H18N2O3. The summed E-state index contributed by atoms with van der Waals surface area (Å²) in [4.78, 5) is 12.3. The van der Waals surface area contributed by atoms with E-state index in [0.717, 1.165) is 42.9 Å². The molecule has 114 valence electrons. The van der Waals surface area contributed by atoms with Crippen LogP contribution in [0.5, 0.6) is 5.75 Å². The van der Waals surface area contributed by atoms with Gasteiger partial charge in [-0.25, -0.2) is 4.68 Å². The van der Waals surface area contributed by atoms with Crippen LogP contribution in [0.15, 0.2) is 29.1 Å². The SMILES string of the molecule is O=c1c(CO)cc(-c2ccc3c(c2)CCO3)nn1CC1CC1. The van der Waals surface area contributed by atoms with Crippen molar-refractivity contribution in [2.45, 2.75) is 32.4 Å². The largest absolute Gasteiger partial charge is 0.493 e. The first-order valence-electron chi connectivity index (χ1n) is 7.72. The van der Waals surface area contributed by atoms with Crippen molar-refractivity contribution in [2.75, 3.05) is 6.61 Å². The monoisotopic (exact) mass is 298 g/mol. The molecule has 5 nitrogen and oxygen atoms in total. The predicted octanol–water partition coefficient (Wildman–Crippen LogP) is 1.75. The first-order valence-corrected chi connectivity index (χ1v) is 7.72. The van der Waals surface area contributed by atoms with Gasteiger partial charge in [-0.3, -0.25) is 4.79 Å². The van der Waals surface area contributed by atoms with Gasteiger partial charge in [-0.05, 0) is 48.6 Å². The number of fused-ring (bicyclic) bond motifs is 1. The lowest BCUT2D eigenvalue weighted by Crippen LogP contribution is -2.27. The molecule has 0 spiro atoms. The Morgan fingerprint density at radius 3 is 2.95 bits per heavy atom. The van der Waals surface area contributed by atoms with Crippen molar-refractivity contribution in [1.29, 1.82) is 0 Å². The highest BCUT2D eigenvalue weighted by Gasteiger charge is 2.23. The fourth-order valence-corrected chi connectivity index (χ4v) is 2.87. The number of benzene rings is 1. The van der Waals surface area contributed by atoms with Crippen LogP contribution in [-0.4, -0.2) is 21.5 Å². The summed E-state index contributed by atoms with van der Waals surface area (Å²) in [6.07, 6.45) is 3.21. The molecule has 0 amide bonds. The smallest absolute Gasteiger partial charge is 0.272 e. The van der Waals surface area contributed by atoms with E-state index in [1.165, 1.54) is 10.2 Å². The van der Waals surface area contributed by atoms with Crippen LogP contribution in [-0.2, 0) is 19.6 Å². The molecule has 0 saturated heterocycles. The minimum absolute atomic E-state index is 0.178. The fourth-order valence-electron chi connectivity index (χ4n) is 2.87. The Hall–Kier alpha value is -2.14. The molecular weight excluding hydrogens is 280 g/mol. The molecule has 0 unspecified atom stereocenters. The second kappa shape index (κ2) is 5.25. The zero-order valence-electron chi connectivity index (χ0n) is 12.3. The standard InChI is InChI=1S/C17H18N2O3/c20-10-14-8-15(18-19(17(14)21)9-11-1-2-11)12-3-4-16-13(7-12)5-6-22-16/h3-4,7-8,11,20H,1-2,5-6,9-10H2. The highest BCUT2D eigenvalue weighted by molar-refractivity contribution is 5.62. The van der Waals surface area contributed by atoms with Crippen molar-refractivity contribution in [3.8, 4) is 17.0 Å². The van der Waals surface area contributed by atoms with Gasteiger partial charge >= 0.3 is 0 Å². The number of aliphatic hydroxyl groups excluding tert-OH is 1. The summed E-state index contributed by atoms with van der Waals surface area (Å²) in [7, 11) is 0. The lowest BCUT2D eigenvalue weighted by Gasteiger charge is -2.10. The minimum atomic E-state index is -0.257. The Kier molecular flexibility index (Phi) is 3.22. The topological polar surface area (TPSA) is 64.3 Å². The molecule has 1 N–H and O–H groups in total. The summed E-state index contributed by atoms with van der Waals surface area (Å²) in [5.74, 6) is 1.48. The summed E-state index contributed by atoms with van der Waals surface area (Å²) in [5, 5.41) is 14.0. The fraction of sp³-hybridized carbons (Fsp3) is 0.412. The number of hydrogen-bond donors (Lipinski definition) is 1. The van der Waals surface area contributed by atoms with Crippen molar-refractivity contribution < 1.29 is 9.84 Å². The van der Waals surface area contributed by atoms with E-state index in [1.54, 1.807) is 6.07 Å². The van der Waals surface area contributed by atoms with E-state index < -0.39 is 0 Å². The van der Waals surface area contributed by atoms with Gasteiger partial charge in [-0.1, -0.05) is 0 Å². The maximum Gasteiger partial charge on any atom is 0.272 e. The Balaban J connectivity index is 1.78. The molecule has 5 heteroatoms. The number of nitrogens with zero attached hydrogens (tertiary/aromatic N) is 2. The Labute approximate surface area is 128 Å². The van der Waals surface area contributed by atoms with Gasteiger partial charge in [-0.15, -0.1) is 0 Å². The van der Waals surface area contributed by atoms with Gasteiger partial charge in [0, 0.05) is 24.1 Å². The zero-order valence-corrected chi connectivity index (χ0v) is 12.3. The van der Waals surface area contributed by atoms with Crippen LogP contribution < -0.4 is 10.3 Å². The summed E-state index contributed by atoms with van der Waals surface area (Å²) >= 11 is 0. The maximum absolute atomic E-state index is 12.3. The number of rotatable bonds is 4. The highest BCUT2D eigenvalue weighted by Crippen LogP contribution is 2.31. The van der Waals surface area contributed by atoms with Crippen molar-refractivity contribution in [3.05, 3.63) is 45.7 Å². The van der Waals surface area contributed by atoms with Gasteiger partial charge in [0.25, 0.3) is 5.56 Å². The van der Waals surface area contributed by atoms with Crippen LogP contribution in [0.2, 0.25) is 0 Å². The van der Waals surface area contributed by atoms with Crippen LogP contribution in [0, 0.1) is 5.92 Å². The van der Waals surface area contributed by atoms with Gasteiger partial charge in [-0.2, -0.15) is 5.10 Å². The molecule has 22 heavy (non-hydrogen) atoms. The zero-order chi connectivity index (χ0) is 15.1. The van der Waals surface area contributed by atoms with Crippen LogP contribution in [0.1, 0.15) is 24.0 Å². The van der Waals surface area contributed by atoms with Gasteiger partial charge in [0.1, 0.15) is 5.75 Å². The van der Waals surface area contributed by atoms with Gasteiger partial charge < -0.3 is 9.84 Å². The summed E-state index contributed by atoms with van der Waals surface area (Å²) in [6.45, 7) is 1.11. The summed E-state index contributed by atoms with van der Waals surface area (Å²) < 4.78 is 7.04. The molecule has 1 saturated carbocycles. The van der Waals surface area contributed by atoms with Crippen LogP contribution in [0.25, 0.3) is 11.3 Å². The predicted molar refractivity (Wildman–Crippen MR) is 81.8 cm³/mol. The van der Waals surface area contributed by atoms with Crippen molar-refractivity contribution >= 4 is 0 Å². The average Bonchev–Trinajstić information content (AvgIpc) is 3.23. The highest BCUT2D eigenvalue weighted by atomic mass is 16.5. The third-order valence-electron chi connectivity index (χ3n) is 4.33. The normalized spacial score (nSPS) is 16.4.